The van der Waals surface area contributed by atoms with Crippen molar-refractivity contribution in [2.75, 3.05) is 0 Å². The van der Waals surface area contributed by atoms with Gasteiger partial charge in [0.25, 0.3) is 0 Å². The van der Waals surface area contributed by atoms with E-state index in [-0.39, 0.29) is 0 Å². The summed E-state index contributed by atoms with van der Waals surface area (Å²) in [5.41, 5.74) is 15.3. The van der Waals surface area contributed by atoms with E-state index in [1.165, 1.54) is 131 Å². The predicted octanol–water partition coefficient (Wildman–Crippen LogP) is 18.2. The normalized spacial score (nSPS) is 11.4. The van der Waals surface area contributed by atoms with Gasteiger partial charge < -0.3 is 0 Å². The van der Waals surface area contributed by atoms with Crippen LogP contribution in [0, 0.1) is 27.7 Å². The molecule has 0 saturated heterocycles. The van der Waals surface area contributed by atoms with Gasteiger partial charge in [-0.05, 0) is 161 Å². The van der Waals surface area contributed by atoms with Crippen molar-refractivity contribution in [3.63, 3.8) is 0 Å². The summed E-state index contributed by atoms with van der Waals surface area (Å²) in [4.78, 5) is 0. The second-order valence-electron chi connectivity index (χ2n) is 17.6. The summed E-state index contributed by atoms with van der Waals surface area (Å²) in [6.45, 7) is 8.61. The molecule has 304 valence electrons. The number of aryl methyl sites for hydroxylation is 4. The Morgan fingerprint density at radius 2 is 0.359 bits per heavy atom. The van der Waals surface area contributed by atoms with Crippen molar-refractivity contribution in [3.8, 4) is 44.5 Å². The van der Waals surface area contributed by atoms with Crippen molar-refractivity contribution in [1.82, 2.24) is 0 Å². The molecule has 0 bridgehead atoms. The lowest BCUT2D eigenvalue weighted by molar-refractivity contribution is 1.47. The molecule has 64 heavy (non-hydrogen) atoms. The molecule has 12 rings (SSSR count). The lowest BCUT2D eigenvalue weighted by atomic mass is 9.90. The fraction of sp³-hybridized carbons (Fsp3) is 0.0625. The minimum absolute atomic E-state index is 1.26. The van der Waals surface area contributed by atoms with Gasteiger partial charge in [0.1, 0.15) is 0 Å². The second kappa shape index (κ2) is 16.2. The molecule has 0 radical (unpaired) electrons. The molecular weight excluding hydrogens is 769 g/mol. The first-order valence-electron chi connectivity index (χ1n) is 22.4. The second-order valence-corrected chi connectivity index (χ2v) is 17.6. The first-order chi connectivity index (χ1) is 31.3. The highest BCUT2D eigenvalue weighted by atomic mass is 14.2. The molecule has 0 spiro atoms. The molecule has 0 unspecified atom stereocenters. The van der Waals surface area contributed by atoms with E-state index in [0.717, 1.165) is 0 Å². The molecule has 0 saturated carbocycles. The summed E-state index contributed by atoms with van der Waals surface area (Å²) in [6.07, 6.45) is 0. The van der Waals surface area contributed by atoms with Crippen LogP contribution in [-0.4, -0.2) is 0 Å². The lowest BCUT2D eigenvalue weighted by Crippen LogP contribution is -1.87. The molecule has 0 atom stereocenters. The highest BCUT2D eigenvalue weighted by molar-refractivity contribution is 6.27. The van der Waals surface area contributed by atoms with E-state index in [1.807, 2.05) is 0 Å². The van der Waals surface area contributed by atoms with Crippen molar-refractivity contribution in [3.05, 3.63) is 241 Å². The largest absolute Gasteiger partial charge is 0.0616 e. The summed E-state index contributed by atoms with van der Waals surface area (Å²) >= 11 is 0. The molecular formula is C64H48. The molecule has 12 aromatic rings. The predicted molar refractivity (Wildman–Crippen MR) is 279 cm³/mol. The molecule has 0 heteroatoms. The molecule has 0 N–H and O–H groups in total. The summed E-state index contributed by atoms with van der Waals surface area (Å²) in [7, 11) is 0. The van der Waals surface area contributed by atoms with Gasteiger partial charge in [-0.15, -0.1) is 0 Å². The fourth-order valence-electron chi connectivity index (χ4n) is 9.93. The zero-order valence-electron chi connectivity index (χ0n) is 36.8. The Bertz CT molecular complexity index is 3360. The van der Waals surface area contributed by atoms with Crippen molar-refractivity contribution in [2.24, 2.45) is 0 Å². The monoisotopic (exact) mass is 816 g/mol. The van der Waals surface area contributed by atoms with E-state index < -0.39 is 0 Å². The van der Waals surface area contributed by atoms with Crippen LogP contribution in [0.2, 0.25) is 0 Å². The van der Waals surface area contributed by atoms with Gasteiger partial charge in [0, 0.05) is 0 Å². The zero-order valence-corrected chi connectivity index (χ0v) is 36.8. The van der Waals surface area contributed by atoms with Gasteiger partial charge in [-0.2, -0.15) is 0 Å². The minimum atomic E-state index is 1.26. The molecule has 0 aromatic heterocycles. The first kappa shape index (κ1) is 39.1. The summed E-state index contributed by atoms with van der Waals surface area (Å²) < 4.78 is 0. The van der Waals surface area contributed by atoms with Crippen molar-refractivity contribution in [2.45, 2.75) is 27.7 Å². The highest BCUT2D eigenvalue weighted by Crippen LogP contribution is 2.41. The number of hydrogen-bond donors (Lipinski definition) is 0. The molecule has 0 nitrogen and oxygen atoms in total. The van der Waals surface area contributed by atoms with E-state index in [9.17, 15) is 0 Å². The standard InChI is InChI=1S/2C32H24/c2*1-21-7-5-9-23(17-21)25-13-15-29-27-11-3-4-12-28(27)31-19-26(14-16-30(31)32(29)20-25)24-10-6-8-22(2)18-24/h2*3-20H,1-2H3. The minimum Gasteiger partial charge on any atom is -0.0616 e. The summed E-state index contributed by atoms with van der Waals surface area (Å²) in [5.74, 6) is 0. The Morgan fingerprint density at radius 1 is 0.156 bits per heavy atom. The van der Waals surface area contributed by atoms with E-state index in [2.05, 4.69) is 246 Å². The number of benzene rings is 12. The third-order valence-electron chi connectivity index (χ3n) is 13.1. The maximum Gasteiger partial charge on any atom is -0.00928 e. The lowest BCUT2D eigenvalue weighted by Gasteiger charge is -2.14. The average molecular weight is 817 g/mol. The Morgan fingerprint density at radius 3 is 0.609 bits per heavy atom. The van der Waals surface area contributed by atoms with Crippen LogP contribution in [0.25, 0.3) is 109 Å². The van der Waals surface area contributed by atoms with E-state index in [0.29, 0.717) is 0 Å². The van der Waals surface area contributed by atoms with Crippen molar-refractivity contribution >= 4 is 64.6 Å². The molecule has 0 aliphatic heterocycles. The van der Waals surface area contributed by atoms with Gasteiger partial charge in [0.15, 0.2) is 0 Å². The van der Waals surface area contributed by atoms with E-state index in [1.54, 1.807) is 0 Å². The topological polar surface area (TPSA) is 0 Å². The SMILES string of the molecule is Cc1cccc(-c2ccc3c(c2)c2ccccc2c2ccc(-c4cccc(C)c4)cc23)c1.Cc1cccc(-c2ccc3c(c2)c2ccccc2c2ccc(-c4cccc(C)c4)cc23)c1. The Labute approximate surface area is 375 Å². The van der Waals surface area contributed by atoms with Gasteiger partial charge in [-0.1, -0.05) is 216 Å². The third-order valence-corrected chi connectivity index (χ3v) is 13.1. The van der Waals surface area contributed by atoms with Crippen LogP contribution in [-0.2, 0) is 0 Å². The van der Waals surface area contributed by atoms with Crippen LogP contribution < -0.4 is 0 Å². The van der Waals surface area contributed by atoms with E-state index in [4.69, 9.17) is 0 Å². The van der Waals surface area contributed by atoms with Gasteiger partial charge in [0.05, 0.1) is 0 Å². The van der Waals surface area contributed by atoms with Crippen LogP contribution in [0.4, 0.5) is 0 Å². The third kappa shape index (κ3) is 7.18. The smallest absolute Gasteiger partial charge is 0.00928 e. The highest BCUT2D eigenvalue weighted by Gasteiger charge is 2.13. The average Bonchev–Trinajstić information content (AvgIpc) is 3.34. The van der Waals surface area contributed by atoms with Crippen LogP contribution >= 0.6 is 0 Å². The van der Waals surface area contributed by atoms with Crippen LogP contribution in [0.1, 0.15) is 22.3 Å². The maximum absolute atomic E-state index is 2.37. The van der Waals surface area contributed by atoms with Crippen LogP contribution in [0.3, 0.4) is 0 Å². The van der Waals surface area contributed by atoms with Crippen LogP contribution in [0.15, 0.2) is 218 Å². The first-order valence-corrected chi connectivity index (χ1v) is 22.4. The molecule has 0 fully saturated rings. The Kier molecular flexibility index (Phi) is 9.86. The Balaban J connectivity index is 0.000000143. The quantitative estimate of drug-likeness (QED) is 0.155. The zero-order chi connectivity index (χ0) is 43.3. The van der Waals surface area contributed by atoms with Gasteiger partial charge in [-0.25, -0.2) is 0 Å². The van der Waals surface area contributed by atoms with E-state index >= 15 is 0 Å². The number of hydrogen-bond acceptors (Lipinski definition) is 0. The van der Waals surface area contributed by atoms with Crippen LogP contribution in [0.5, 0.6) is 0 Å². The number of rotatable bonds is 4. The van der Waals surface area contributed by atoms with Crippen molar-refractivity contribution < 1.29 is 0 Å². The summed E-state index contributed by atoms with van der Waals surface area (Å²) in [6, 6.07) is 80.4. The van der Waals surface area contributed by atoms with Gasteiger partial charge in [-0.3, -0.25) is 0 Å². The van der Waals surface area contributed by atoms with Crippen molar-refractivity contribution in [1.29, 1.82) is 0 Å². The molecule has 0 heterocycles. The number of fused-ring (bicyclic) bond motifs is 12. The maximum atomic E-state index is 2.37. The summed E-state index contributed by atoms with van der Waals surface area (Å²) in [5, 5.41) is 15.7. The molecule has 12 aromatic carbocycles. The Hall–Kier alpha value is -7.80. The molecule has 0 aliphatic carbocycles. The van der Waals surface area contributed by atoms with Gasteiger partial charge in [0.2, 0.25) is 0 Å². The van der Waals surface area contributed by atoms with Gasteiger partial charge >= 0.3 is 0 Å². The fourth-order valence-corrected chi connectivity index (χ4v) is 9.93. The molecule has 0 aliphatic rings. The molecule has 0 amide bonds.